The third-order valence-corrected chi connectivity index (χ3v) is 20.3. The van der Waals surface area contributed by atoms with E-state index in [-0.39, 0.29) is 0 Å². The van der Waals surface area contributed by atoms with Gasteiger partial charge in [0.2, 0.25) is 0 Å². The molecule has 0 saturated carbocycles. The van der Waals surface area contributed by atoms with Gasteiger partial charge in [0.1, 0.15) is 23.0 Å². The number of benzene rings is 14. The van der Waals surface area contributed by atoms with Crippen molar-refractivity contribution in [2.75, 3.05) is 0 Å². The van der Waals surface area contributed by atoms with Crippen LogP contribution >= 0.6 is 0 Å². The monoisotopic (exact) mass is 1250 g/mol. The van der Waals surface area contributed by atoms with Gasteiger partial charge in [-0.15, -0.1) is 0 Å². The molecule has 8 heteroatoms. The molecule has 14 aromatic carbocycles. The van der Waals surface area contributed by atoms with Crippen molar-refractivity contribution in [2.45, 2.75) is 10.8 Å². The summed E-state index contributed by atoms with van der Waals surface area (Å²) in [6, 6.07) is 116. The highest BCUT2D eigenvalue weighted by atomic mass is 16.5. The molecule has 456 valence electrons. The summed E-state index contributed by atoms with van der Waals surface area (Å²) in [4.78, 5) is 31.7. The zero-order valence-electron chi connectivity index (χ0n) is 52.7. The first-order valence-corrected chi connectivity index (χ1v) is 33.1. The van der Waals surface area contributed by atoms with Gasteiger partial charge in [0.15, 0.2) is 34.9 Å². The highest BCUT2D eigenvalue weighted by Crippen LogP contribution is 2.64. The molecular formula is C90H54N6O2. The van der Waals surface area contributed by atoms with Gasteiger partial charge in [0.05, 0.1) is 10.8 Å². The van der Waals surface area contributed by atoms with Crippen LogP contribution in [0.1, 0.15) is 44.5 Å². The van der Waals surface area contributed by atoms with E-state index in [2.05, 4.69) is 285 Å². The number of nitrogens with zero attached hydrogens (tertiary/aromatic N) is 6. The third kappa shape index (κ3) is 8.37. The summed E-state index contributed by atoms with van der Waals surface area (Å²) in [7, 11) is 0. The molecule has 2 aliphatic carbocycles. The van der Waals surface area contributed by atoms with Gasteiger partial charge in [0, 0.05) is 55.6 Å². The minimum absolute atomic E-state index is 0.528. The van der Waals surface area contributed by atoms with E-state index in [1.165, 1.54) is 44.5 Å². The maximum Gasteiger partial charge on any atom is 0.164 e. The standard InChI is InChI=1S/C90H54N6O2/c1-3-22-57(23-4-1)65-27-9-10-32-70(65)88-95-84(93-87(96-88)64-47-49-77-81(53-64)97-79-38-20-19-37-75(79)89(77)71-33-15-11-28-66(71)67-29-12-16-34-72(67)89)59-42-39-56(40-43-59)61-45-48-76-80(52-61)98-82-54-63(46-50-78(82)90(76)73-35-17-13-30-68(73)69-31-14-18-36-74(69)90)86-92-83(58-24-5-2-6-25-58)91-85(94-86)62-44-41-55-21-7-8-26-60(55)51-62/h1-54H. The van der Waals surface area contributed by atoms with Crippen molar-refractivity contribution in [1.82, 2.24) is 29.9 Å². The Hall–Kier alpha value is -13.0. The molecule has 4 heterocycles. The zero-order valence-corrected chi connectivity index (χ0v) is 52.7. The first-order valence-electron chi connectivity index (χ1n) is 33.1. The number of ether oxygens (including phenoxy) is 2. The third-order valence-electron chi connectivity index (χ3n) is 20.3. The summed E-state index contributed by atoms with van der Waals surface area (Å²) >= 11 is 0. The maximum atomic E-state index is 7.34. The van der Waals surface area contributed by atoms with E-state index < -0.39 is 10.8 Å². The summed E-state index contributed by atoms with van der Waals surface area (Å²) < 4.78 is 14.4. The molecule has 16 aromatic rings. The Morgan fingerprint density at radius 1 is 0.173 bits per heavy atom. The van der Waals surface area contributed by atoms with Crippen LogP contribution in [0.25, 0.3) is 124 Å². The Balaban J connectivity index is 0.711. The molecule has 2 aromatic heterocycles. The molecular weight excluding hydrogens is 1200 g/mol. The molecule has 0 unspecified atom stereocenters. The van der Waals surface area contributed by atoms with Gasteiger partial charge < -0.3 is 9.47 Å². The molecule has 0 saturated heterocycles. The second-order valence-electron chi connectivity index (χ2n) is 25.5. The van der Waals surface area contributed by atoms with Gasteiger partial charge in [-0.1, -0.05) is 297 Å². The van der Waals surface area contributed by atoms with Crippen LogP contribution < -0.4 is 9.47 Å². The van der Waals surface area contributed by atoms with Crippen molar-refractivity contribution in [1.29, 1.82) is 0 Å². The summed E-state index contributed by atoms with van der Waals surface area (Å²) in [6.07, 6.45) is 0. The minimum Gasteiger partial charge on any atom is -0.457 e. The van der Waals surface area contributed by atoms with Crippen molar-refractivity contribution in [3.63, 3.8) is 0 Å². The molecule has 98 heavy (non-hydrogen) atoms. The number of aromatic nitrogens is 6. The van der Waals surface area contributed by atoms with E-state index in [0.29, 0.717) is 34.9 Å². The molecule has 0 atom stereocenters. The van der Waals surface area contributed by atoms with E-state index in [0.717, 1.165) is 112 Å². The largest absolute Gasteiger partial charge is 0.457 e. The molecule has 2 spiro atoms. The Morgan fingerprint density at radius 3 is 1.01 bits per heavy atom. The molecule has 2 aliphatic heterocycles. The highest BCUT2D eigenvalue weighted by molar-refractivity contribution is 5.93. The van der Waals surface area contributed by atoms with E-state index in [1.54, 1.807) is 0 Å². The Labute approximate surface area is 565 Å². The number of hydrogen-bond acceptors (Lipinski definition) is 8. The van der Waals surface area contributed by atoms with Gasteiger partial charge >= 0.3 is 0 Å². The maximum absolute atomic E-state index is 7.34. The Bertz CT molecular complexity index is 5880. The fraction of sp³-hybridized carbons (Fsp3) is 0.0222. The van der Waals surface area contributed by atoms with Crippen LogP contribution in [0.2, 0.25) is 0 Å². The van der Waals surface area contributed by atoms with E-state index >= 15 is 0 Å². The number of hydrogen-bond donors (Lipinski definition) is 0. The number of fused-ring (bicyclic) bond motifs is 19. The van der Waals surface area contributed by atoms with Gasteiger partial charge in [0.25, 0.3) is 0 Å². The predicted octanol–water partition coefficient (Wildman–Crippen LogP) is 21.5. The summed E-state index contributed by atoms with van der Waals surface area (Å²) in [5.74, 6) is 6.40. The van der Waals surface area contributed by atoms with Crippen molar-refractivity contribution in [2.24, 2.45) is 0 Å². The topological polar surface area (TPSA) is 95.8 Å². The molecule has 0 radical (unpaired) electrons. The lowest BCUT2D eigenvalue weighted by Gasteiger charge is -2.39. The normalized spacial score (nSPS) is 13.4. The first-order chi connectivity index (χ1) is 48.5. The van der Waals surface area contributed by atoms with Crippen LogP contribution in [-0.4, -0.2) is 29.9 Å². The van der Waals surface area contributed by atoms with Crippen LogP contribution in [0.15, 0.2) is 328 Å². The van der Waals surface area contributed by atoms with Crippen LogP contribution in [0.5, 0.6) is 23.0 Å². The smallest absolute Gasteiger partial charge is 0.164 e. The summed E-state index contributed by atoms with van der Waals surface area (Å²) in [5.41, 5.74) is 21.9. The lowest BCUT2D eigenvalue weighted by molar-refractivity contribution is 0.436. The van der Waals surface area contributed by atoms with E-state index in [1.807, 2.05) is 42.5 Å². The van der Waals surface area contributed by atoms with Crippen molar-refractivity contribution >= 4 is 10.8 Å². The summed E-state index contributed by atoms with van der Waals surface area (Å²) in [5, 5.41) is 2.26. The molecule has 20 rings (SSSR count). The van der Waals surface area contributed by atoms with Gasteiger partial charge in [-0.25, -0.2) is 29.9 Å². The predicted molar refractivity (Wildman–Crippen MR) is 389 cm³/mol. The van der Waals surface area contributed by atoms with Gasteiger partial charge in [-0.3, -0.25) is 0 Å². The second-order valence-corrected chi connectivity index (χ2v) is 25.5. The fourth-order valence-corrected chi connectivity index (χ4v) is 16.0. The first kappa shape index (κ1) is 55.4. The minimum atomic E-state index is -0.710. The quantitative estimate of drug-likeness (QED) is 0.148. The lowest BCUT2D eigenvalue weighted by Crippen LogP contribution is -2.32. The molecule has 0 bridgehead atoms. The zero-order chi connectivity index (χ0) is 64.5. The van der Waals surface area contributed by atoms with Crippen molar-refractivity contribution in [3.8, 4) is 136 Å². The van der Waals surface area contributed by atoms with Crippen LogP contribution in [-0.2, 0) is 10.8 Å². The molecule has 4 aliphatic rings. The van der Waals surface area contributed by atoms with Gasteiger partial charge in [-0.05, 0) is 108 Å². The SMILES string of the molecule is c1ccc(-c2nc(-c3ccc4c(c3)Oc3cc(-c5ccc(-c6nc(-c7ccc8c(c7)Oc7ccccc7C87c8ccccc8-c8ccccc87)nc(-c7ccccc7-c7ccccc7)n6)cc5)ccc3C43c4ccccc4-c4ccccc43)nc(-c3ccc4ccccc4c3)n2)cc1. The molecule has 8 nitrogen and oxygen atoms in total. The molecule has 0 N–H and O–H groups in total. The van der Waals surface area contributed by atoms with Crippen LogP contribution in [0.4, 0.5) is 0 Å². The van der Waals surface area contributed by atoms with Crippen LogP contribution in [0.3, 0.4) is 0 Å². The number of rotatable bonds is 8. The summed E-state index contributed by atoms with van der Waals surface area (Å²) in [6.45, 7) is 0. The van der Waals surface area contributed by atoms with Gasteiger partial charge in [-0.2, -0.15) is 0 Å². The number of para-hydroxylation sites is 1. The average molecular weight is 1250 g/mol. The average Bonchev–Trinajstić information content (AvgIpc) is 1.49. The molecule has 0 amide bonds. The Kier molecular flexibility index (Phi) is 12.3. The van der Waals surface area contributed by atoms with E-state index in [4.69, 9.17) is 39.4 Å². The lowest BCUT2D eigenvalue weighted by atomic mass is 9.66. The second kappa shape index (κ2) is 21.8. The Morgan fingerprint density at radius 2 is 0.490 bits per heavy atom. The van der Waals surface area contributed by atoms with Crippen molar-refractivity contribution in [3.05, 3.63) is 372 Å². The molecule has 0 fully saturated rings. The van der Waals surface area contributed by atoms with Crippen molar-refractivity contribution < 1.29 is 9.47 Å². The fourth-order valence-electron chi connectivity index (χ4n) is 16.0. The highest BCUT2D eigenvalue weighted by Gasteiger charge is 2.53. The van der Waals surface area contributed by atoms with Crippen LogP contribution in [0, 0.1) is 0 Å². The van der Waals surface area contributed by atoms with E-state index in [9.17, 15) is 0 Å².